The Morgan fingerprint density at radius 1 is 1.05 bits per heavy atom. The van der Waals surface area contributed by atoms with Crippen LogP contribution in [0.3, 0.4) is 0 Å². The first-order chi connectivity index (χ1) is 10.1. The Morgan fingerprint density at radius 3 is 2.38 bits per heavy atom. The molecule has 0 aliphatic carbocycles. The van der Waals surface area contributed by atoms with E-state index in [4.69, 9.17) is 9.47 Å². The normalized spacial score (nSPS) is 10.2. The maximum Gasteiger partial charge on any atom is 0.172 e. The van der Waals surface area contributed by atoms with Crippen molar-refractivity contribution in [2.75, 3.05) is 6.61 Å². The fourth-order valence-electron chi connectivity index (χ4n) is 2.36. The standard InChI is InChI=1S/C18H20O3/c1-4-20-17-7-5-6-16(11-19)18(17)21-12-15-9-13(2)8-14(3)10-15/h5-11H,4,12H2,1-3H3. The summed E-state index contributed by atoms with van der Waals surface area (Å²) in [6.07, 6.45) is 0.791. The van der Waals surface area contributed by atoms with Crippen LogP contribution in [0.2, 0.25) is 0 Å². The van der Waals surface area contributed by atoms with Crippen molar-refractivity contribution in [1.29, 1.82) is 0 Å². The van der Waals surface area contributed by atoms with E-state index < -0.39 is 0 Å². The summed E-state index contributed by atoms with van der Waals surface area (Å²) in [6.45, 7) is 6.96. The Morgan fingerprint density at radius 2 is 1.76 bits per heavy atom. The van der Waals surface area contributed by atoms with Crippen LogP contribution < -0.4 is 9.47 Å². The van der Waals surface area contributed by atoms with Crippen LogP contribution >= 0.6 is 0 Å². The number of hydrogen-bond donors (Lipinski definition) is 0. The van der Waals surface area contributed by atoms with Gasteiger partial charge in [0.2, 0.25) is 0 Å². The topological polar surface area (TPSA) is 35.5 Å². The van der Waals surface area contributed by atoms with Crippen LogP contribution in [0.15, 0.2) is 36.4 Å². The van der Waals surface area contributed by atoms with E-state index >= 15 is 0 Å². The summed E-state index contributed by atoms with van der Waals surface area (Å²) in [5.74, 6) is 1.11. The lowest BCUT2D eigenvalue weighted by atomic mass is 10.1. The third kappa shape index (κ3) is 3.85. The SMILES string of the molecule is CCOc1cccc(C=O)c1OCc1cc(C)cc(C)c1. The van der Waals surface area contributed by atoms with Gasteiger partial charge in [0.05, 0.1) is 12.2 Å². The van der Waals surface area contributed by atoms with Crippen LogP contribution in [-0.4, -0.2) is 12.9 Å². The average molecular weight is 284 g/mol. The first-order valence-corrected chi connectivity index (χ1v) is 7.05. The number of hydrogen-bond acceptors (Lipinski definition) is 3. The number of carbonyl (C=O) groups is 1. The Balaban J connectivity index is 2.24. The number of aldehydes is 1. The van der Waals surface area contributed by atoms with Crippen LogP contribution in [0.1, 0.15) is 34.0 Å². The van der Waals surface area contributed by atoms with Gasteiger partial charge in [-0.05, 0) is 38.5 Å². The van der Waals surface area contributed by atoms with Gasteiger partial charge in [-0.1, -0.05) is 35.4 Å². The molecule has 2 rings (SSSR count). The third-order valence-corrected chi connectivity index (χ3v) is 3.10. The molecule has 3 nitrogen and oxygen atoms in total. The summed E-state index contributed by atoms with van der Waals surface area (Å²) < 4.78 is 11.4. The number of carbonyl (C=O) groups excluding carboxylic acids is 1. The second-order valence-corrected chi connectivity index (χ2v) is 5.01. The molecule has 0 unspecified atom stereocenters. The summed E-state index contributed by atoms with van der Waals surface area (Å²) >= 11 is 0. The van der Waals surface area contributed by atoms with Gasteiger partial charge < -0.3 is 9.47 Å². The van der Waals surface area contributed by atoms with Crippen molar-refractivity contribution in [3.05, 3.63) is 58.7 Å². The molecule has 0 bridgehead atoms. The number of rotatable bonds is 6. The molecule has 0 spiro atoms. The molecule has 3 heteroatoms. The zero-order valence-electron chi connectivity index (χ0n) is 12.7. The summed E-state index contributed by atoms with van der Waals surface area (Å²) in [4.78, 5) is 11.2. The molecule has 21 heavy (non-hydrogen) atoms. The van der Waals surface area contributed by atoms with E-state index in [0.717, 1.165) is 11.8 Å². The lowest BCUT2D eigenvalue weighted by molar-refractivity contribution is 0.111. The van der Waals surface area contributed by atoms with Crippen LogP contribution in [0.25, 0.3) is 0 Å². The number of benzene rings is 2. The highest BCUT2D eigenvalue weighted by atomic mass is 16.5. The molecular weight excluding hydrogens is 264 g/mol. The lowest BCUT2D eigenvalue weighted by Crippen LogP contribution is -2.02. The Bertz CT molecular complexity index is 612. The second-order valence-electron chi connectivity index (χ2n) is 5.01. The first-order valence-electron chi connectivity index (χ1n) is 7.05. The molecular formula is C18H20O3. The maximum absolute atomic E-state index is 11.2. The fourth-order valence-corrected chi connectivity index (χ4v) is 2.36. The van der Waals surface area contributed by atoms with Crippen molar-refractivity contribution in [3.63, 3.8) is 0 Å². The van der Waals surface area contributed by atoms with Gasteiger partial charge in [-0.15, -0.1) is 0 Å². The average Bonchev–Trinajstić information content (AvgIpc) is 2.45. The first kappa shape index (κ1) is 15.1. The summed E-state index contributed by atoms with van der Waals surface area (Å²) in [6, 6.07) is 11.6. The lowest BCUT2D eigenvalue weighted by Gasteiger charge is -2.14. The predicted molar refractivity (Wildman–Crippen MR) is 83.2 cm³/mol. The zero-order chi connectivity index (χ0) is 15.2. The van der Waals surface area contributed by atoms with Gasteiger partial charge in [0.25, 0.3) is 0 Å². The summed E-state index contributed by atoms with van der Waals surface area (Å²) in [7, 11) is 0. The Kier molecular flexibility index (Phi) is 4.99. The van der Waals surface area contributed by atoms with Gasteiger partial charge in [-0.25, -0.2) is 0 Å². The van der Waals surface area contributed by atoms with E-state index in [9.17, 15) is 4.79 Å². The summed E-state index contributed by atoms with van der Waals surface area (Å²) in [5.41, 5.74) is 3.98. The van der Waals surface area contributed by atoms with Crippen molar-refractivity contribution in [2.24, 2.45) is 0 Å². The molecule has 2 aromatic rings. The molecule has 0 aromatic heterocycles. The van der Waals surface area contributed by atoms with Crippen molar-refractivity contribution in [3.8, 4) is 11.5 Å². The second kappa shape index (κ2) is 6.93. The van der Waals surface area contributed by atoms with E-state index in [0.29, 0.717) is 30.3 Å². The molecule has 0 amide bonds. The van der Waals surface area contributed by atoms with Crippen molar-refractivity contribution in [2.45, 2.75) is 27.4 Å². The molecule has 0 aliphatic rings. The number of para-hydroxylation sites is 1. The molecule has 0 heterocycles. The molecule has 2 aromatic carbocycles. The van der Waals surface area contributed by atoms with Crippen LogP contribution in [-0.2, 0) is 6.61 Å². The van der Waals surface area contributed by atoms with E-state index in [1.54, 1.807) is 12.1 Å². The molecule has 0 fully saturated rings. The highest BCUT2D eigenvalue weighted by Gasteiger charge is 2.11. The monoisotopic (exact) mass is 284 g/mol. The largest absolute Gasteiger partial charge is 0.490 e. The smallest absolute Gasteiger partial charge is 0.172 e. The maximum atomic E-state index is 11.2. The van der Waals surface area contributed by atoms with Gasteiger partial charge in [0, 0.05) is 0 Å². The number of aryl methyl sites for hydroxylation is 2. The third-order valence-electron chi connectivity index (χ3n) is 3.10. The molecule has 0 atom stereocenters. The van der Waals surface area contributed by atoms with Crippen LogP contribution in [0, 0.1) is 13.8 Å². The quantitative estimate of drug-likeness (QED) is 0.749. The van der Waals surface area contributed by atoms with Gasteiger partial charge in [0.1, 0.15) is 6.61 Å². The molecule has 0 N–H and O–H groups in total. The van der Waals surface area contributed by atoms with Gasteiger partial charge >= 0.3 is 0 Å². The fraction of sp³-hybridized carbons (Fsp3) is 0.278. The van der Waals surface area contributed by atoms with Gasteiger partial charge in [-0.3, -0.25) is 4.79 Å². The number of ether oxygens (including phenoxy) is 2. The minimum absolute atomic E-state index is 0.410. The minimum atomic E-state index is 0.410. The van der Waals surface area contributed by atoms with E-state index in [1.807, 2.05) is 13.0 Å². The molecule has 0 radical (unpaired) electrons. The van der Waals surface area contributed by atoms with E-state index in [-0.39, 0.29) is 0 Å². The van der Waals surface area contributed by atoms with E-state index in [2.05, 4.69) is 32.0 Å². The van der Waals surface area contributed by atoms with Crippen LogP contribution in [0.5, 0.6) is 11.5 Å². The minimum Gasteiger partial charge on any atom is -0.490 e. The van der Waals surface area contributed by atoms with Gasteiger partial charge in [-0.2, -0.15) is 0 Å². The van der Waals surface area contributed by atoms with Crippen molar-refractivity contribution in [1.82, 2.24) is 0 Å². The van der Waals surface area contributed by atoms with Crippen molar-refractivity contribution < 1.29 is 14.3 Å². The van der Waals surface area contributed by atoms with Crippen molar-refractivity contribution >= 4 is 6.29 Å². The highest BCUT2D eigenvalue weighted by molar-refractivity contribution is 5.81. The highest BCUT2D eigenvalue weighted by Crippen LogP contribution is 2.31. The molecule has 0 saturated carbocycles. The van der Waals surface area contributed by atoms with Gasteiger partial charge in [0.15, 0.2) is 17.8 Å². The van der Waals surface area contributed by atoms with E-state index in [1.165, 1.54) is 11.1 Å². The zero-order valence-corrected chi connectivity index (χ0v) is 12.7. The molecule has 0 aliphatic heterocycles. The molecule has 0 saturated heterocycles. The Labute approximate surface area is 125 Å². The Hall–Kier alpha value is -2.29. The molecule has 110 valence electrons. The predicted octanol–water partition coefficient (Wildman–Crippen LogP) is 4.09. The summed E-state index contributed by atoms with van der Waals surface area (Å²) in [5, 5.41) is 0. The van der Waals surface area contributed by atoms with Crippen LogP contribution in [0.4, 0.5) is 0 Å².